The number of carbonyl (C=O) groups is 2. The molecule has 1 aliphatic heterocycles. The predicted octanol–water partition coefficient (Wildman–Crippen LogP) is 2.46. The van der Waals surface area contributed by atoms with Crippen molar-refractivity contribution >= 4 is 45.1 Å². The van der Waals surface area contributed by atoms with E-state index < -0.39 is 16.0 Å². The third kappa shape index (κ3) is 5.57. The third-order valence-electron chi connectivity index (χ3n) is 4.12. The highest BCUT2D eigenvalue weighted by molar-refractivity contribution is 7.89. The summed E-state index contributed by atoms with van der Waals surface area (Å²) in [4.78, 5) is 23.6. The van der Waals surface area contributed by atoms with Crippen molar-refractivity contribution in [3.05, 3.63) is 28.2 Å². The van der Waals surface area contributed by atoms with Crippen LogP contribution < -0.4 is 5.32 Å². The summed E-state index contributed by atoms with van der Waals surface area (Å²) < 4.78 is 31.9. The van der Waals surface area contributed by atoms with Crippen LogP contribution in [0.5, 0.6) is 0 Å². The molecule has 1 fully saturated rings. The fourth-order valence-corrected chi connectivity index (χ4v) is 5.39. The van der Waals surface area contributed by atoms with E-state index in [9.17, 15) is 18.0 Å². The van der Waals surface area contributed by atoms with Crippen LogP contribution in [0.1, 0.15) is 26.7 Å². The summed E-state index contributed by atoms with van der Waals surface area (Å²) in [6.07, 6.45) is 0.429. The van der Waals surface area contributed by atoms with Crippen LogP contribution in [0.2, 0.25) is 10.0 Å². The summed E-state index contributed by atoms with van der Waals surface area (Å²) in [6, 6.07) is 4.51. The number of esters is 1. The van der Waals surface area contributed by atoms with Gasteiger partial charge in [-0.05, 0) is 38.8 Å². The SMILES string of the molecule is CC(C)OC(=O)CNC(=O)C1CCN(S(=O)(=O)c2c(Cl)cccc2Cl)CC1. The summed E-state index contributed by atoms with van der Waals surface area (Å²) in [6.45, 7) is 3.57. The van der Waals surface area contributed by atoms with Crippen molar-refractivity contribution < 1.29 is 22.7 Å². The molecule has 7 nitrogen and oxygen atoms in total. The highest BCUT2D eigenvalue weighted by Gasteiger charge is 2.34. The molecule has 0 atom stereocenters. The lowest BCUT2D eigenvalue weighted by Gasteiger charge is -2.31. The van der Waals surface area contributed by atoms with Gasteiger partial charge < -0.3 is 10.1 Å². The standard InChI is InChI=1S/C17H22Cl2N2O5S/c1-11(2)26-15(22)10-20-17(23)12-6-8-21(9-7-12)27(24,25)16-13(18)4-3-5-14(16)19/h3-5,11-12H,6-10H2,1-2H3,(H,20,23). The number of rotatable bonds is 6. The van der Waals surface area contributed by atoms with Crippen molar-refractivity contribution in [2.75, 3.05) is 19.6 Å². The Labute approximate surface area is 169 Å². The lowest BCUT2D eigenvalue weighted by Crippen LogP contribution is -2.44. The zero-order valence-corrected chi connectivity index (χ0v) is 17.4. The number of amides is 1. The van der Waals surface area contributed by atoms with Crippen LogP contribution in [-0.4, -0.2) is 50.3 Å². The largest absolute Gasteiger partial charge is 0.462 e. The molecule has 0 saturated carbocycles. The molecule has 1 saturated heterocycles. The maximum Gasteiger partial charge on any atom is 0.325 e. The summed E-state index contributed by atoms with van der Waals surface area (Å²) in [7, 11) is -3.85. The van der Waals surface area contributed by atoms with Gasteiger partial charge >= 0.3 is 5.97 Å². The van der Waals surface area contributed by atoms with Crippen LogP contribution in [0, 0.1) is 5.92 Å². The van der Waals surface area contributed by atoms with E-state index in [0.717, 1.165) is 0 Å². The van der Waals surface area contributed by atoms with Gasteiger partial charge in [0.15, 0.2) is 0 Å². The van der Waals surface area contributed by atoms with Crippen molar-refractivity contribution in [2.45, 2.75) is 37.7 Å². The number of ether oxygens (including phenoxy) is 1. The van der Waals surface area contributed by atoms with E-state index in [0.29, 0.717) is 12.8 Å². The Hall–Kier alpha value is -1.35. The lowest BCUT2D eigenvalue weighted by atomic mass is 9.97. The minimum Gasteiger partial charge on any atom is -0.462 e. The first-order chi connectivity index (χ1) is 12.6. The summed E-state index contributed by atoms with van der Waals surface area (Å²) in [5.74, 6) is -1.17. The molecule has 0 unspecified atom stereocenters. The second-order valence-electron chi connectivity index (χ2n) is 6.49. The lowest BCUT2D eigenvalue weighted by molar-refractivity contribution is -0.147. The monoisotopic (exact) mass is 436 g/mol. The number of halogens is 2. The molecular weight excluding hydrogens is 415 g/mol. The molecule has 1 N–H and O–H groups in total. The number of hydrogen-bond acceptors (Lipinski definition) is 5. The maximum absolute atomic E-state index is 12.8. The summed E-state index contributed by atoms with van der Waals surface area (Å²) in [5.41, 5.74) is 0. The number of benzene rings is 1. The van der Waals surface area contributed by atoms with Gasteiger partial charge in [0.2, 0.25) is 15.9 Å². The van der Waals surface area contributed by atoms with E-state index >= 15 is 0 Å². The Morgan fingerprint density at radius 2 is 1.78 bits per heavy atom. The van der Waals surface area contributed by atoms with E-state index in [1.165, 1.54) is 16.4 Å². The van der Waals surface area contributed by atoms with Gasteiger partial charge in [0.1, 0.15) is 11.4 Å². The molecular formula is C17H22Cl2N2O5S. The van der Waals surface area contributed by atoms with E-state index in [4.69, 9.17) is 27.9 Å². The Balaban J connectivity index is 1.95. The number of hydrogen-bond donors (Lipinski definition) is 1. The molecule has 27 heavy (non-hydrogen) atoms. The smallest absolute Gasteiger partial charge is 0.325 e. The predicted molar refractivity (Wildman–Crippen MR) is 102 cm³/mol. The molecule has 2 rings (SSSR count). The fourth-order valence-electron chi connectivity index (χ4n) is 2.82. The number of nitrogens with zero attached hydrogens (tertiary/aromatic N) is 1. The second kappa shape index (κ2) is 9.23. The molecule has 10 heteroatoms. The quantitative estimate of drug-likeness (QED) is 0.691. The highest BCUT2D eigenvalue weighted by Crippen LogP contribution is 2.33. The summed E-state index contributed by atoms with van der Waals surface area (Å²) >= 11 is 12.0. The van der Waals surface area contributed by atoms with Crippen molar-refractivity contribution in [1.82, 2.24) is 9.62 Å². The molecule has 0 bridgehead atoms. The van der Waals surface area contributed by atoms with Gasteiger partial charge in [0, 0.05) is 19.0 Å². The molecule has 1 aliphatic rings. The van der Waals surface area contributed by atoms with E-state index in [-0.39, 0.29) is 52.5 Å². The maximum atomic E-state index is 12.8. The van der Waals surface area contributed by atoms with Crippen LogP contribution in [0.3, 0.4) is 0 Å². The van der Waals surface area contributed by atoms with Crippen molar-refractivity contribution in [1.29, 1.82) is 0 Å². The fraction of sp³-hybridized carbons (Fsp3) is 0.529. The molecule has 0 spiro atoms. The van der Waals surface area contributed by atoms with Crippen molar-refractivity contribution in [2.24, 2.45) is 5.92 Å². The number of nitrogens with one attached hydrogen (secondary N) is 1. The Morgan fingerprint density at radius 1 is 1.22 bits per heavy atom. The van der Waals surface area contributed by atoms with Crippen LogP contribution in [0.15, 0.2) is 23.1 Å². The van der Waals surface area contributed by atoms with Crippen LogP contribution in [0.25, 0.3) is 0 Å². The molecule has 0 radical (unpaired) electrons. The van der Waals surface area contributed by atoms with Crippen LogP contribution >= 0.6 is 23.2 Å². The second-order valence-corrected chi connectivity index (χ2v) is 9.17. The van der Waals surface area contributed by atoms with Crippen molar-refractivity contribution in [3.8, 4) is 0 Å². The first-order valence-electron chi connectivity index (χ1n) is 8.54. The molecule has 150 valence electrons. The molecule has 1 heterocycles. The molecule has 0 aliphatic carbocycles. The van der Waals surface area contributed by atoms with Gasteiger partial charge in [0.05, 0.1) is 16.1 Å². The number of sulfonamides is 1. The summed E-state index contributed by atoms with van der Waals surface area (Å²) in [5, 5.41) is 2.66. The molecule has 1 amide bonds. The normalized spacial score (nSPS) is 16.3. The number of piperidine rings is 1. The zero-order valence-electron chi connectivity index (χ0n) is 15.1. The molecule has 1 aromatic rings. The molecule has 1 aromatic carbocycles. The zero-order chi connectivity index (χ0) is 20.2. The molecule has 0 aromatic heterocycles. The Morgan fingerprint density at radius 3 is 2.30 bits per heavy atom. The van der Waals surface area contributed by atoms with Gasteiger partial charge in [-0.15, -0.1) is 0 Å². The van der Waals surface area contributed by atoms with E-state index in [1.807, 2.05) is 0 Å². The topological polar surface area (TPSA) is 92.8 Å². The van der Waals surface area contributed by atoms with Gasteiger partial charge in [-0.25, -0.2) is 8.42 Å². The van der Waals surface area contributed by atoms with Gasteiger partial charge in [-0.2, -0.15) is 4.31 Å². The van der Waals surface area contributed by atoms with Gasteiger partial charge in [0.25, 0.3) is 0 Å². The Kier molecular flexibility index (Phi) is 7.50. The average Bonchev–Trinajstić information content (AvgIpc) is 2.59. The van der Waals surface area contributed by atoms with Gasteiger partial charge in [-0.3, -0.25) is 9.59 Å². The first-order valence-corrected chi connectivity index (χ1v) is 10.7. The highest BCUT2D eigenvalue weighted by atomic mass is 35.5. The van der Waals surface area contributed by atoms with E-state index in [2.05, 4.69) is 5.32 Å². The average molecular weight is 437 g/mol. The minimum atomic E-state index is -3.85. The van der Waals surface area contributed by atoms with Crippen LogP contribution in [0.4, 0.5) is 0 Å². The van der Waals surface area contributed by atoms with Crippen molar-refractivity contribution in [3.63, 3.8) is 0 Å². The van der Waals surface area contributed by atoms with Crippen LogP contribution in [-0.2, 0) is 24.3 Å². The first kappa shape index (κ1) is 21.9. The Bertz CT molecular complexity index is 785. The van der Waals surface area contributed by atoms with Gasteiger partial charge in [-0.1, -0.05) is 29.3 Å². The third-order valence-corrected chi connectivity index (χ3v) is 6.97. The number of carbonyl (C=O) groups excluding carboxylic acids is 2. The van der Waals surface area contributed by atoms with E-state index in [1.54, 1.807) is 19.9 Å². The minimum absolute atomic E-state index is 0.0611.